The molecule has 1 rings (SSSR count). The first-order valence-electron chi connectivity index (χ1n) is 5.72. The van der Waals surface area contributed by atoms with Crippen molar-refractivity contribution in [1.29, 1.82) is 0 Å². The first-order chi connectivity index (χ1) is 7.50. The minimum Gasteiger partial charge on any atom is -0.393 e. The second-order valence-electron chi connectivity index (χ2n) is 5.09. The van der Waals surface area contributed by atoms with Crippen molar-refractivity contribution in [2.24, 2.45) is 5.41 Å². The van der Waals surface area contributed by atoms with Gasteiger partial charge in [-0.3, -0.25) is 0 Å². The van der Waals surface area contributed by atoms with Crippen LogP contribution in [0, 0.1) is 17.3 Å². The minimum atomic E-state index is -0.280. The third-order valence-corrected chi connectivity index (χ3v) is 2.55. The Morgan fingerprint density at radius 2 is 1.81 bits per heavy atom. The second-order valence-corrected chi connectivity index (χ2v) is 5.09. The molecule has 1 unspecified atom stereocenters. The van der Waals surface area contributed by atoms with Crippen LogP contribution in [0.1, 0.15) is 39.2 Å². The molecular formula is C15H20O. The Kier molecular flexibility index (Phi) is 4.58. The van der Waals surface area contributed by atoms with Crippen molar-refractivity contribution in [3.8, 4) is 11.8 Å². The SMILES string of the molecule is CC(C)(C)C(O)CCC#Cc1ccccc1. The highest BCUT2D eigenvalue weighted by Crippen LogP contribution is 2.22. The summed E-state index contributed by atoms with van der Waals surface area (Å²) >= 11 is 0. The predicted molar refractivity (Wildman–Crippen MR) is 68.0 cm³/mol. The quantitative estimate of drug-likeness (QED) is 0.753. The average molecular weight is 216 g/mol. The summed E-state index contributed by atoms with van der Waals surface area (Å²) in [5.74, 6) is 6.19. The number of hydrogen-bond acceptors (Lipinski definition) is 1. The lowest BCUT2D eigenvalue weighted by atomic mass is 9.86. The Bertz CT molecular complexity index is 362. The van der Waals surface area contributed by atoms with E-state index in [0.717, 1.165) is 18.4 Å². The third-order valence-electron chi connectivity index (χ3n) is 2.55. The molecule has 0 radical (unpaired) electrons. The molecule has 0 heterocycles. The fraction of sp³-hybridized carbons (Fsp3) is 0.467. The lowest BCUT2D eigenvalue weighted by Crippen LogP contribution is -2.25. The standard InChI is InChI=1S/C15H20O/c1-15(2,3)14(16)12-8-7-11-13-9-5-4-6-10-13/h4-6,9-10,14,16H,8,12H2,1-3H3. The number of rotatable bonds is 2. The van der Waals surface area contributed by atoms with E-state index < -0.39 is 0 Å². The van der Waals surface area contributed by atoms with E-state index in [1.807, 2.05) is 51.1 Å². The zero-order valence-electron chi connectivity index (χ0n) is 10.3. The monoisotopic (exact) mass is 216 g/mol. The maximum Gasteiger partial charge on any atom is 0.0597 e. The third kappa shape index (κ3) is 4.51. The molecule has 0 bridgehead atoms. The molecule has 1 heteroatoms. The van der Waals surface area contributed by atoms with Gasteiger partial charge in [0.15, 0.2) is 0 Å². The molecule has 0 fully saturated rings. The van der Waals surface area contributed by atoms with Crippen molar-refractivity contribution in [1.82, 2.24) is 0 Å². The molecule has 1 aromatic carbocycles. The fourth-order valence-electron chi connectivity index (χ4n) is 1.33. The number of benzene rings is 1. The Labute approximate surface area is 98.5 Å². The van der Waals surface area contributed by atoms with Crippen LogP contribution in [0.4, 0.5) is 0 Å². The van der Waals surface area contributed by atoms with Crippen LogP contribution in [0.15, 0.2) is 30.3 Å². The molecular weight excluding hydrogens is 196 g/mol. The zero-order valence-corrected chi connectivity index (χ0v) is 10.3. The summed E-state index contributed by atoms with van der Waals surface area (Å²) < 4.78 is 0. The van der Waals surface area contributed by atoms with Gasteiger partial charge in [0.25, 0.3) is 0 Å². The van der Waals surface area contributed by atoms with Gasteiger partial charge in [0.05, 0.1) is 6.10 Å². The highest BCUT2D eigenvalue weighted by atomic mass is 16.3. The summed E-state index contributed by atoms with van der Waals surface area (Å²) in [6.07, 6.45) is 1.20. The Morgan fingerprint density at radius 3 is 2.38 bits per heavy atom. The normalized spacial score (nSPS) is 12.8. The van der Waals surface area contributed by atoms with E-state index in [2.05, 4.69) is 11.8 Å². The molecule has 0 aliphatic heterocycles. The van der Waals surface area contributed by atoms with Crippen molar-refractivity contribution in [3.05, 3.63) is 35.9 Å². The lowest BCUT2D eigenvalue weighted by molar-refractivity contribution is 0.0570. The van der Waals surface area contributed by atoms with Gasteiger partial charge < -0.3 is 5.11 Å². The minimum absolute atomic E-state index is 0.0472. The van der Waals surface area contributed by atoms with Crippen LogP contribution in [0.2, 0.25) is 0 Å². The highest BCUT2D eigenvalue weighted by Gasteiger charge is 2.20. The molecule has 0 saturated heterocycles. The number of aliphatic hydroxyl groups is 1. The lowest BCUT2D eigenvalue weighted by Gasteiger charge is -2.24. The topological polar surface area (TPSA) is 20.2 Å². The van der Waals surface area contributed by atoms with Gasteiger partial charge in [-0.2, -0.15) is 0 Å². The van der Waals surface area contributed by atoms with Crippen molar-refractivity contribution in [3.63, 3.8) is 0 Å². The maximum absolute atomic E-state index is 9.82. The van der Waals surface area contributed by atoms with Crippen LogP contribution in [0.5, 0.6) is 0 Å². The van der Waals surface area contributed by atoms with E-state index in [1.54, 1.807) is 0 Å². The zero-order chi connectivity index (χ0) is 12.0. The summed E-state index contributed by atoms with van der Waals surface area (Å²) in [5, 5.41) is 9.82. The molecule has 0 aromatic heterocycles. The predicted octanol–water partition coefficient (Wildman–Crippen LogP) is 3.23. The van der Waals surface area contributed by atoms with E-state index in [9.17, 15) is 5.11 Å². The van der Waals surface area contributed by atoms with E-state index in [4.69, 9.17) is 0 Å². The largest absolute Gasteiger partial charge is 0.393 e. The Hall–Kier alpha value is -1.26. The molecule has 1 atom stereocenters. The molecule has 1 N–H and O–H groups in total. The summed E-state index contributed by atoms with van der Waals surface area (Å²) in [6, 6.07) is 9.93. The van der Waals surface area contributed by atoms with Crippen LogP contribution in [0.3, 0.4) is 0 Å². The van der Waals surface area contributed by atoms with Crippen LogP contribution in [0.25, 0.3) is 0 Å². The van der Waals surface area contributed by atoms with Gasteiger partial charge in [0.1, 0.15) is 0 Å². The Morgan fingerprint density at radius 1 is 1.19 bits per heavy atom. The fourth-order valence-corrected chi connectivity index (χ4v) is 1.33. The van der Waals surface area contributed by atoms with E-state index in [0.29, 0.717) is 0 Å². The summed E-state index contributed by atoms with van der Waals surface area (Å²) in [7, 11) is 0. The van der Waals surface area contributed by atoms with Gasteiger partial charge in [0, 0.05) is 12.0 Å². The second kappa shape index (κ2) is 5.72. The van der Waals surface area contributed by atoms with E-state index >= 15 is 0 Å². The molecule has 0 saturated carbocycles. The molecule has 16 heavy (non-hydrogen) atoms. The maximum atomic E-state index is 9.82. The van der Waals surface area contributed by atoms with Crippen LogP contribution in [-0.4, -0.2) is 11.2 Å². The highest BCUT2D eigenvalue weighted by molar-refractivity contribution is 5.33. The summed E-state index contributed by atoms with van der Waals surface area (Å²) in [4.78, 5) is 0. The van der Waals surface area contributed by atoms with Crippen molar-refractivity contribution < 1.29 is 5.11 Å². The van der Waals surface area contributed by atoms with E-state index in [1.165, 1.54) is 0 Å². The first-order valence-corrected chi connectivity index (χ1v) is 5.72. The van der Waals surface area contributed by atoms with Gasteiger partial charge in [-0.1, -0.05) is 50.8 Å². The summed E-state index contributed by atoms with van der Waals surface area (Å²) in [5.41, 5.74) is 0.988. The number of aliphatic hydroxyl groups excluding tert-OH is 1. The van der Waals surface area contributed by atoms with Gasteiger partial charge in [-0.05, 0) is 24.0 Å². The molecule has 0 spiro atoms. The smallest absolute Gasteiger partial charge is 0.0597 e. The molecule has 0 aliphatic carbocycles. The molecule has 0 aliphatic rings. The van der Waals surface area contributed by atoms with Crippen LogP contribution < -0.4 is 0 Å². The average Bonchev–Trinajstić information content (AvgIpc) is 2.24. The molecule has 1 nitrogen and oxygen atoms in total. The Balaban J connectivity index is 2.40. The molecule has 1 aromatic rings. The van der Waals surface area contributed by atoms with Gasteiger partial charge >= 0.3 is 0 Å². The first kappa shape index (κ1) is 12.8. The van der Waals surface area contributed by atoms with Gasteiger partial charge in [-0.15, -0.1) is 0 Å². The number of hydrogen-bond donors (Lipinski definition) is 1. The van der Waals surface area contributed by atoms with Crippen LogP contribution in [-0.2, 0) is 0 Å². The summed E-state index contributed by atoms with van der Waals surface area (Å²) in [6.45, 7) is 6.13. The molecule has 86 valence electrons. The van der Waals surface area contributed by atoms with Gasteiger partial charge in [-0.25, -0.2) is 0 Å². The van der Waals surface area contributed by atoms with Crippen molar-refractivity contribution in [2.45, 2.75) is 39.7 Å². The van der Waals surface area contributed by atoms with Gasteiger partial charge in [0.2, 0.25) is 0 Å². The molecule has 0 amide bonds. The van der Waals surface area contributed by atoms with Crippen molar-refractivity contribution in [2.75, 3.05) is 0 Å². The van der Waals surface area contributed by atoms with Crippen molar-refractivity contribution >= 4 is 0 Å². The van der Waals surface area contributed by atoms with E-state index in [-0.39, 0.29) is 11.5 Å². The van der Waals surface area contributed by atoms with Crippen LogP contribution >= 0.6 is 0 Å².